The third kappa shape index (κ3) is 4.23. The van der Waals surface area contributed by atoms with Crippen molar-refractivity contribution in [1.82, 2.24) is 10.2 Å². The maximum atomic E-state index is 12.2. The van der Waals surface area contributed by atoms with Gasteiger partial charge in [0.15, 0.2) is 0 Å². The number of amides is 2. The minimum Gasteiger partial charge on any atom is -0.435 e. The first kappa shape index (κ1) is 16.7. The Morgan fingerprint density at radius 1 is 1.29 bits per heavy atom. The van der Waals surface area contributed by atoms with Crippen molar-refractivity contribution in [2.75, 3.05) is 13.1 Å². The van der Waals surface area contributed by atoms with Gasteiger partial charge in [-0.25, -0.2) is 4.79 Å². The molecule has 1 aliphatic heterocycles. The van der Waals surface area contributed by atoms with Gasteiger partial charge in [0.05, 0.1) is 0 Å². The number of ether oxygens (including phenoxy) is 1. The van der Waals surface area contributed by atoms with Crippen molar-refractivity contribution in [1.29, 1.82) is 0 Å². The highest BCUT2D eigenvalue weighted by molar-refractivity contribution is 7.10. The van der Waals surface area contributed by atoms with Gasteiger partial charge in [-0.2, -0.15) is 8.78 Å². The van der Waals surface area contributed by atoms with Gasteiger partial charge < -0.3 is 15.0 Å². The first-order chi connectivity index (χ1) is 11.6. The van der Waals surface area contributed by atoms with Gasteiger partial charge >= 0.3 is 12.6 Å². The molecule has 1 aromatic carbocycles. The van der Waals surface area contributed by atoms with Crippen LogP contribution in [0.5, 0.6) is 5.75 Å². The Kier molecular flexibility index (Phi) is 5.30. The summed E-state index contributed by atoms with van der Waals surface area (Å²) in [5, 5.41) is 4.97. The molecule has 24 heavy (non-hydrogen) atoms. The lowest BCUT2D eigenvalue weighted by Gasteiger charge is -2.27. The molecule has 0 bridgehead atoms. The quantitative estimate of drug-likeness (QED) is 0.892. The second-order valence-corrected chi connectivity index (χ2v) is 6.55. The Labute approximate surface area is 143 Å². The van der Waals surface area contributed by atoms with E-state index in [1.165, 1.54) is 22.6 Å². The lowest BCUT2D eigenvalue weighted by atomic mass is 10.1. The molecule has 0 radical (unpaired) electrons. The number of hydrogen-bond acceptors (Lipinski definition) is 3. The SMILES string of the molecule is O=C(NCCc1ccc(OC(F)F)cc1)N1CCc2sccc2C1. The molecular formula is C17H18F2N2O2S. The van der Waals surface area contributed by atoms with E-state index >= 15 is 0 Å². The predicted molar refractivity (Wildman–Crippen MR) is 88.6 cm³/mol. The van der Waals surface area contributed by atoms with Gasteiger partial charge in [0.25, 0.3) is 0 Å². The zero-order valence-electron chi connectivity index (χ0n) is 13.0. The highest BCUT2D eigenvalue weighted by atomic mass is 32.1. The number of halogens is 2. The van der Waals surface area contributed by atoms with E-state index in [0.29, 0.717) is 19.5 Å². The van der Waals surface area contributed by atoms with Crippen molar-refractivity contribution in [3.8, 4) is 5.75 Å². The van der Waals surface area contributed by atoms with E-state index in [9.17, 15) is 13.6 Å². The maximum absolute atomic E-state index is 12.2. The fourth-order valence-electron chi connectivity index (χ4n) is 2.68. The summed E-state index contributed by atoms with van der Waals surface area (Å²) < 4.78 is 28.5. The van der Waals surface area contributed by atoms with Crippen LogP contribution in [-0.2, 0) is 19.4 Å². The molecule has 0 atom stereocenters. The zero-order valence-corrected chi connectivity index (χ0v) is 13.8. The second-order valence-electron chi connectivity index (χ2n) is 5.54. The first-order valence-electron chi connectivity index (χ1n) is 7.73. The standard InChI is InChI=1S/C17H18F2N2O2S/c18-16(19)23-14-3-1-12(2-4-14)5-8-20-17(22)21-9-6-15-13(11-21)7-10-24-15/h1-4,7,10,16H,5-6,8-9,11H2,(H,20,22). The number of benzene rings is 1. The van der Waals surface area contributed by atoms with Crippen molar-refractivity contribution in [3.63, 3.8) is 0 Å². The van der Waals surface area contributed by atoms with Gasteiger partial charge in [-0.1, -0.05) is 12.1 Å². The third-order valence-corrected chi connectivity index (χ3v) is 4.96. The summed E-state index contributed by atoms with van der Waals surface area (Å²) >= 11 is 1.74. The molecule has 0 saturated carbocycles. The van der Waals surface area contributed by atoms with E-state index in [1.807, 2.05) is 4.90 Å². The van der Waals surface area contributed by atoms with E-state index in [-0.39, 0.29) is 11.8 Å². The molecule has 4 nitrogen and oxygen atoms in total. The Bertz CT molecular complexity index is 688. The highest BCUT2D eigenvalue weighted by Crippen LogP contribution is 2.23. The Balaban J connectivity index is 1.44. The van der Waals surface area contributed by atoms with Gasteiger partial charge in [0.1, 0.15) is 5.75 Å². The summed E-state index contributed by atoms with van der Waals surface area (Å²) in [5.41, 5.74) is 2.19. The van der Waals surface area contributed by atoms with Crippen molar-refractivity contribution < 1.29 is 18.3 Å². The van der Waals surface area contributed by atoms with Crippen LogP contribution in [-0.4, -0.2) is 30.6 Å². The molecule has 1 N–H and O–H groups in total. The molecule has 0 saturated heterocycles. The van der Waals surface area contributed by atoms with Crippen LogP contribution in [0, 0.1) is 0 Å². The number of thiophene rings is 1. The van der Waals surface area contributed by atoms with E-state index in [0.717, 1.165) is 18.5 Å². The minimum absolute atomic E-state index is 0.0653. The summed E-state index contributed by atoms with van der Waals surface area (Å²) in [7, 11) is 0. The van der Waals surface area contributed by atoms with E-state index in [1.54, 1.807) is 23.5 Å². The Morgan fingerprint density at radius 2 is 2.08 bits per heavy atom. The van der Waals surface area contributed by atoms with Crippen LogP contribution in [0.1, 0.15) is 16.0 Å². The average molecular weight is 352 g/mol. The predicted octanol–water partition coefficient (Wildman–Crippen LogP) is 3.66. The fraction of sp³-hybridized carbons (Fsp3) is 0.353. The fourth-order valence-corrected chi connectivity index (χ4v) is 3.57. The summed E-state index contributed by atoms with van der Waals surface area (Å²) in [5.74, 6) is 0.137. The van der Waals surface area contributed by atoms with Crippen LogP contribution in [0.2, 0.25) is 0 Å². The molecule has 0 aliphatic carbocycles. The van der Waals surface area contributed by atoms with Crippen molar-refractivity contribution in [2.45, 2.75) is 26.0 Å². The number of hydrogen-bond donors (Lipinski definition) is 1. The number of urea groups is 1. The third-order valence-electron chi connectivity index (χ3n) is 3.93. The molecule has 0 unspecified atom stereocenters. The van der Waals surface area contributed by atoms with E-state index in [4.69, 9.17) is 0 Å². The first-order valence-corrected chi connectivity index (χ1v) is 8.61. The van der Waals surface area contributed by atoms with Crippen molar-refractivity contribution in [3.05, 3.63) is 51.7 Å². The molecule has 2 amide bonds. The largest absolute Gasteiger partial charge is 0.435 e. The number of rotatable bonds is 5. The highest BCUT2D eigenvalue weighted by Gasteiger charge is 2.20. The molecule has 1 aromatic heterocycles. The van der Waals surface area contributed by atoms with Gasteiger partial charge in [0.2, 0.25) is 0 Å². The van der Waals surface area contributed by atoms with Crippen LogP contribution in [0.15, 0.2) is 35.7 Å². The monoisotopic (exact) mass is 352 g/mol. The number of nitrogens with zero attached hydrogens (tertiary/aromatic N) is 1. The molecule has 2 aromatic rings. The van der Waals surface area contributed by atoms with E-state index < -0.39 is 6.61 Å². The van der Waals surface area contributed by atoms with Crippen LogP contribution < -0.4 is 10.1 Å². The summed E-state index contributed by atoms with van der Waals surface area (Å²) in [4.78, 5) is 15.4. The van der Waals surface area contributed by atoms with Gasteiger partial charge in [-0.05, 0) is 47.5 Å². The van der Waals surface area contributed by atoms with Crippen molar-refractivity contribution >= 4 is 17.4 Å². The zero-order chi connectivity index (χ0) is 16.9. The summed E-state index contributed by atoms with van der Waals surface area (Å²) in [6.07, 6.45) is 1.55. The summed E-state index contributed by atoms with van der Waals surface area (Å²) in [6.45, 7) is -0.923. The normalized spacial score (nSPS) is 13.7. The number of fused-ring (bicyclic) bond motifs is 1. The molecular weight excluding hydrogens is 334 g/mol. The Hall–Kier alpha value is -2.15. The molecule has 128 valence electrons. The molecule has 7 heteroatoms. The van der Waals surface area contributed by atoms with Gasteiger partial charge in [-0.15, -0.1) is 11.3 Å². The minimum atomic E-state index is -2.82. The van der Waals surface area contributed by atoms with Crippen LogP contribution in [0.3, 0.4) is 0 Å². The second kappa shape index (κ2) is 7.61. The summed E-state index contributed by atoms with van der Waals surface area (Å²) in [6, 6.07) is 8.47. The van der Waals surface area contributed by atoms with Gasteiger partial charge in [-0.3, -0.25) is 0 Å². The number of alkyl halides is 2. The molecule has 3 rings (SSSR count). The lowest BCUT2D eigenvalue weighted by Crippen LogP contribution is -2.43. The smallest absolute Gasteiger partial charge is 0.387 e. The maximum Gasteiger partial charge on any atom is 0.387 e. The average Bonchev–Trinajstić information content (AvgIpc) is 3.03. The number of carbonyl (C=O) groups is 1. The molecule has 1 aliphatic rings. The van der Waals surface area contributed by atoms with Crippen LogP contribution >= 0.6 is 11.3 Å². The van der Waals surface area contributed by atoms with Crippen LogP contribution in [0.4, 0.5) is 13.6 Å². The molecule has 0 fully saturated rings. The number of carbonyl (C=O) groups excluding carboxylic acids is 1. The van der Waals surface area contributed by atoms with Gasteiger partial charge in [0, 0.05) is 24.5 Å². The molecule has 2 heterocycles. The topological polar surface area (TPSA) is 41.6 Å². The van der Waals surface area contributed by atoms with E-state index in [2.05, 4.69) is 21.5 Å². The van der Waals surface area contributed by atoms with Crippen molar-refractivity contribution in [2.24, 2.45) is 0 Å². The number of nitrogens with one attached hydrogen (secondary N) is 1. The van der Waals surface area contributed by atoms with Crippen LogP contribution in [0.25, 0.3) is 0 Å². The molecule has 0 spiro atoms. The lowest BCUT2D eigenvalue weighted by molar-refractivity contribution is -0.0498. The Morgan fingerprint density at radius 3 is 2.83 bits per heavy atom.